The third-order valence-electron chi connectivity index (χ3n) is 1.55. The molecule has 1 heteroatoms. The van der Waals surface area contributed by atoms with Gasteiger partial charge in [0.05, 0.1) is 0 Å². The van der Waals surface area contributed by atoms with Crippen LogP contribution >= 0.6 is 15.9 Å². The Labute approximate surface area is 72.8 Å². The molecule has 0 aromatic carbocycles. The highest BCUT2D eigenvalue weighted by Crippen LogP contribution is 2.13. The topological polar surface area (TPSA) is 0 Å². The van der Waals surface area contributed by atoms with Gasteiger partial charge in [-0.3, -0.25) is 0 Å². The number of halogens is 1. The van der Waals surface area contributed by atoms with Gasteiger partial charge >= 0.3 is 0 Å². The summed E-state index contributed by atoms with van der Waals surface area (Å²) in [4.78, 5) is 0. The van der Waals surface area contributed by atoms with E-state index in [9.17, 15) is 0 Å². The van der Waals surface area contributed by atoms with Crippen LogP contribution in [0.3, 0.4) is 0 Å². The van der Waals surface area contributed by atoms with Gasteiger partial charge < -0.3 is 0 Å². The van der Waals surface area contributed by atoms with Gasteiger partial charge in [-0.15, -0.1) is 0 Å². The van der Waals surface area contributed by atoms with E-state index < -0.39 is 0 Å². The molecule has 0 spiro atoms. The van der Waals surface area contributed by atoms with Crippen LogP contribution in [0, 0.1) is 0 Å². The summed E-state index contributed by atoms with van der Waals surface area (Å²) in [7, 11) is 0. The van der Waals surface area contributed by atoms with E-state index in [-0.39, 0.29) is 0 Å². The molecule has 0 unspecified atom stereocenters. The first kappa shape index (κ1) is 10.2. The van der Waals surface area contributed by atoms with Crippen LogP contribution < -0.4 is 0 Å². The molecule has 10 heavy (non-hydrogen) atoms. The minimum atomic E-state index is 1.14. The summed E-state index contributed by atoms with van der Waals surface area (Å²) in [5, 5.41) is 0. The van der Waals surface area contributed by atoms with Gasteiger partial charge in [0.15, 0.2) is 0 Å². The van der Waals surface area contributed by atoms with Crippen molar-refractivity contribution in [3.63, 3.8) is 0 Å². The standard InChI is InChI=1S/C9H17Br/c1-3-4-5-6-7-8-9(2)10/h2-8H2,1H3. The van der Waals surface area contributed by atoms with Gasteiger partial charge in [-0.25, -0.2) is 0 Å². The summed E-state index contributed by atoms with van der Waals surface area (Å²) in [5.41, 5.74) is 0. The Balaban J connectivity index is 2.84. The van der Waals surface area contributed by atoms with E-state index in [4.69, 9.17) is 0 Å². The fourth-order valence-corrected chi connectivity index (χ4v) is 1.20. The zero-order valence-electron chi connectivity index (χ0n) is 6.83. The number of unbranched alkanes of at least 4 members (excludes halogenated alkanes) is 4. The van der Waals surface area contributed by atoms with Crippen molar-refractivity contribution >= 4 is 15.9 Å². The lowest BCUT2D eigenvalue weighted by molar-refractivity contribution is 0.636. The molecule has 0 saturated carbocycles. The van der Waals surface area contributed by atoms with E-state index in [1.54, 1.807) is 0 Å². The number of hydrogen-bond donors (Lipinski definition) is 0. The molecule has 0 nitrogen and oxygen atoms in total. The fraction of sp³-hybridized carbons (Fsp3) is 0.778. The molecule has 60 valence electrons. The minimum Gasteiger partial charge on any atom is -0.0889 e. The molecule has 0 heterocycles. The number of hydrogen-bond acceptors (Lipinski definition) is 0. The molecule has 0 aliphatic rings. The lowest BCUT2D eigenvalue weighted by Gasteiger charge is -1.97. The summed E-state index contributed by atoms with van der Waals surface area (Å²) in [6, 6.07) is 0. The van der Waals surface area contributed by atoms with Gasteiger partial charge in [0.1, 0.15) is 0 Å². The molecule has 0 aliphatic heterocycles. The van der Waals surface area contributed by atoms with Gasteiger partial charge in [0, 0.05) is 0 Å². The van der Waals surface area contributed by atoms with Crippen molar-refractivity contribution in [1.29, 1.82) is 0 Å². The normalized spacial score (nSPS) is 9.80. The third kappa shape index (κ3) is 8.22. The second-order valence-electron chi connectivity index (χ2n) is 2.68. The van der Waals surface area contributed by atoms with Crippen molar-refractivity contribution in [1.82, 2.24) is 0 Å². The fourth-order valence-electron chi connectivity index (χ4n) is 0.920. The van der Waals surface area contributed by atoms with Crippen molar-refractivity contribution in [3.8, 4) is 0 Å². The maximum Gasteiger partial charge on any atom is -0.0121 e. The van der Waals surface area contributed by atoms with Crippen LogP contribution in [0.2, 0.25) is 0 Å². The van der Waals surface area contributed by atoms with E-state index in [1.807, 2.05) is 0 Å². The Hall–Kier alpha value is 0.220. The summed E-state index contributed by atoms with van der Waals surface area (Å²) in [6.07, 6.45) is 7.90. The second kappa shape index (κ2) is 7.33. The zero-order chi connectivity index (χ0) is 7.82. The Morgan fingerprint density at radius 1 is 1.20 bits per heavy atom. The number of allylic oxidation sites excluding steroid dienone is 1. The van der Waals surface area contributed by atoms with Gasteiger partial charge in [0.25, 0.3) is 0 Å². The molecule has 0 fully saturated rings. The maximum absolute atomic E-state index is 3.79. The highest BCUT2D eigenvalue weighted by molar-refractivity contribution is 9.11. The average molecular weight is 205 g/mol. The van der Waals surface area contributed by atoms with Crippen LogP contribution in [-0.4, -0.2) is 0 Å². The predicted molar refractivity (Wildman–Crippen MR) is 51.4 cm³/mol. The summed E-state index contributed by atoms with van der Waals surface area (Å²) < 4.78 is 1.14. The molecule has 0 aromatic heterocycles. The molecule has 0 radical (unpaired) electrons. The Morgan fingerprint density at radius 2 is 1.80 bits per heavy atom. The average Bonchev–Trinajstić information content (AvgIpc) is 1.87. The summed E-state index contributed by atoms with van der Waals surface area (Å²) in [5.74, 6) is 0. The first-order chi connectivity index (χ1) is 4.77. The predicted octanol–water partition coefficient (Wildman–Crippen LogP) is 4.26. The van der Waals surface area contributed by atoms with E-state index in [2.05, 4.69) is 29.4 Å². The quantitative estimate of drug-likeness (QED) is 0.568. The van der Waals surface area contributed by atoms with Crippen molar-refractivity contribution in [2.75, 3.05) is 0 Å². The van der Waals surface area contributed by atoms with Crippen LogP contribution in [0.5, 0.6) is 0 Å². The molecular weight excluding hydrogens is 188 g/mol. The second-order valence-corrected chi connectivity index (χ2v) is 3.80. The highest BCUT2D eigenvalue weighted by atomic mass is 79.9. The molecule has 0 N–H and O–H groups in total. The number of rotatable bonds is 6. The van der Waals surface area contributed by atoms with Gasteiger partial charge in [-0.1, -0.05) is 55.1 Å². The lowest BCUT2D eigenvalue weighted by atomic mass is 10.1. The molecule has 0 saturated heterocycles. The van der Waals surface area contributed by atoms with E-state index in [0.29, 0.717) is 0 Å². The van der Waals surface area contributed by atoms with Gasteiger partial charge in [0.2, 0.25) is 0 Å². The lowest BCUT2D eigenvalue weighted by Crippen LogP contribution is -1.77. The summed E-state index contributed by atoms with van der Waals surface area (Å²) >= 11 is 3.35. The monoisotopic (exact) mass is 204 g/mol. The van der Waals surface area contributed by atoms with Crippen LogP contribution in [0.25, 0.3) is 0 Å². The zero-order valence-corrected chi connectivity index (χ0v) is 8.41. The Morgan fingerprint density at radius 3 is 2.30 bits per heavy atom. The molecule has 0 rings (SSSR count). The Kier molecular flexibility index (Phi) is 7.49. The third-order valence-corrected chi connectivity index (χ3v) is 1.95. The molecule has 0 amide bonds. The van der Waals surface area contributed by atoms with Crippen LogP contribution in [-0.2, 0) is 0 Å². The SMILES string of the molecule is C=C(Br)CCCCCCC. The van der Waals surface area contributed by atoms with Crippen LogP contribution in [0.4, 0.5) is 0 Å². The van der Waals surface area contributed by atoms with E-state index in [0.717, 1.165) is 10.9 Å². The van der Waals surface area contributed by atoms with E-state index in [1.165, 1.54) is 32.1 Å². The Bertz CT molecular complexity index is 86.7. The first-order valence-electron chi connectivity index (χ1n) is 4.10. The van der Waals surface area contributed by atoms with Gasteiger partial charge in [-0.2, -0.15) is 0 Å². The molecular formula is C9H17Br. The first-order valence-corrected chi connectivity index (χ1v) is 4.90. The van der Waals surface area contributed by atoms with Crippen molar-refractivity contribution in [2.45, 2.75) is 45.4 Å². The van der Waals surface area contributed by atoms with Gasteiger partial charge in [-0.05, 0) is 17.3 Å². The van der Waals surface area contributed by atoms with Crippen molar-refractivity contribution < 1.29 is 0 Å². The van der Waals surface area contributed by atoms with Crippen molar-refractivity contribution in [2.24, 2.45) is 0 Å². The molecule has 0 bridgehead atoms. The van der Waals surface area contributed by atoms with E-state index >= 15 is 0 Å². The summed E-state index contributed by atoms with van der Waals surface area (Å²) in [6.45, 7) is 6.03. The highest BCUT2D eigenvalue weighted by Gasteiger charge is 1.89. The molecule has 0 aliphatic carbocycles. The van der Waals surface area contributed by atoms with Crippen LogP contribution in [0.1, 0.15) is 45.4 Å². The smallest absolute Gasteiger partial charge is 0.0121 e. The van der Waals surface area contributed by atoms with Crippen molar-refractivity contribution in [3.05, 3.63) is 11.1 Å². The molecule has 0 aromatic rings. The largest absolute Gasteiger partial charge is 0.0889 e. The van der Waals surface area contributed by atoms with Crippen LogP contribution in [0.15, 0.2) is 11.1 Å². The minimum absolute atomic E-state index is 1.14. The molecule has 0 atom stereocenters. The maximum atomic E-state index is 3.79.